The maximum atomic E-state index is 12.7. The molecule has 2 heterocycles. The summed E-state index contributed by atoms with van der Waals surface area (Å²) in [5.74, 6) is 1.47. The highest BCUT2D eigenvalue weighted by Crippen LogP contribution is 2.42. The van der Waals surface area contributed by atoms with Crippen molar-refractivity contribution < 1.29 is 19.3 Å². The summed E-state index contributed by atoms with van der Waals surface area (Å²) in [6.07, 6.45) is 1.59. The average Bonchev–Trinajstić information content (AvgIpc) is 2.81. The van der Waals surface area contributed by atoms with Crippen molar-refractivity contribution in [3.05, 3.63) is 52.3 Å². The molecule has 1 fully saturated rings. The van der Waals surface area contributed by atoms with Gasteiger partial charge >= 0.3 is 0 Å². The molecule has 0 spiro atoms. The van der Waals surface area contributed by atoms with E-state index in [-0.39, 0.29) is 11.7 Å². The summed E-state index contributed by atoms with van der Waals surface area (Å²) in [5, 5.41) is 13.9. The Morgan fingerprint density at radius 2 is 1.84 bits per heavy atom. The molecule has 1 aromatic heterocycles. The molecule has 2 aromatic carbocycles. The number of aromatic amines is 1. The molecule has 0 aliphatic carbocycles. The number of hydrogen-bond donors (Lipinski definition) is 3. The van der Waals surface area contributed by atoms with E-state index in [4.69, 9.17) is 14.2 Å². The molecule has 32 heavy (non-hydrogen) atoms. The molecule has 8 heteroatoms. The second kappa shape index (κ2) is 9.40. The third-order valence-electron chi connectivity index (χ3n) is 5.84. The third-order valence-corrected chi connectivity index (χ3v) is 5.84. The van der Waals surface area contributed by atoms with Gasteiger partial charge in [0.05, 0.1) is 33.0 Å². The first kappa shape index (κ1) is 21.8. The number of aliphatic hydroxyl groups excluding tert-OH is 1. The van der Waals surface area contributed by atoms with Crippen LogP contribution < -0.4 is 30.0 Å². The molecule has 1 aliphatic rings. The Morgan fingerprint density at radius 3 is 2.50 bits per heavy atom. The molecule has 0 amide bonds. The fraction of sp³-hybridized carbons (Fsp3) is 0.375. The van der Waals surface area contributed by atoms with Crippen LogP contribution in [-0.4, -0.2) is 50.6 Å². The third kappa shape index (κ3) is 4.31. The van der Waals surface area contributed by atoms with Crippen molar-refractivity contribution in [3.8, 4) is 17.2 Å². The van der Waals surface area contributed by atoms with Crippen LogP contribution >= 0.6 is 0 Å². The van der Waals surface area contributed by atoms with Crippen LogP contribution in [-0.2, 0) is 6.54 Å². The van der Waals surface area contributed by atoms with Gasteiger partial charge in [-0.3, -0.25) is 4.79 Å². The van der Waals surface area contributed by atoms with E-state index in [1.807, 2.05) is 30.3 Å². The highest BCUT2D eigenvalue weighted by molar-refractivity contribution is 5.90. The highest BCUT2D eigenvalue weighted by atomic mass is 16.5. The lowest BCUT2D eigenvalue weighted by atomic mass is 10.1. The first-order valence-electron chi connectivity index (χ1n) is 10.7. The number of aliphatic hydroxyl groups is 1. The second-order valence-corrected chi connectivity index (χ2v) is 7.87. The van der Waals surface area contributed by atoms with Gasteiger partial charge in [-0.25, -0.2) is 0 Å². The molecule has 1 aliphatic heterocycles. The first-order chi connectivity index (χ1) is 15.5. The van der Waals surface area contributed by atoms with Gasteiger partial charge in [-0.15, -0.1) is 0 Å². The number of piperidine rings is 1. The molecule has 4 rings (SSSR count). The number of nitrogens with zero attached hydrogens (tertiary/aromatic N) is 1. The minimum atomic E-state index is -0.267. The van der Waals surface area contributed by atoms with E-state index in [1.54, 1.807) is 20.3 Å². The first-order valence-corrected chi connectivity index (χ1v) is 10.7. The van der Waals surface area contributed by atoms with Gasteiger partial charge in [-0.05, 0) is 43.2 Å². The molecule has 0 saturated carbocycles. The van der Waals surface area contributed by atoms with Crippen molar-refractivity contribution in [3.63, 3.8) is 0 Å². The van der Waals surface area contributed by atoms with Gasteiger partial charge in [0.1, 0.15) is 0 Å². The van der Waals surface area contributed by atoms with Crippen LogP contribution in [0.2, 0.25) is 0 Å². The standard InChI is InChI=1S/C24H29N3O5/c1-30-21-12-20-19(22(31-2)23(21)32-3)11-15(24(29)26-20)13-25-16-6-8-17(9-7-16)27-10-4-5-18(28)14-27/h6-9,11-12,18,25,28H,4-5,10,13-14H2,1-3H3,(H,26,29)/t18-/m1/s1. The minimum Gasteiger partial charge on any atom is -0.493 e. The Kier molecular flexibility index (Phi) is 6.41. The number of nitrogens with one attached hydrogen (secondary N) is 2. The number of pyridine rings is 1. The molecule has 0 bridgehead atoms. The number of methoxy groups -OCH3 is 3. The number of anilines is 2. The van der Waals surface area contributed by atoms with Crippen molar-refractivity contribution in [2.75, 3.05) is 44.6 Å². The zero-order valence-corrected chi connectivity index (χ0v) is 18.6. The van der Waals surface area contributed by atoms with Gasteiger partial charge in [0.2, 0.25) is 5.75 Å². The summed E-state index contributed by atoms with van der Waals surface area (Å²) in [4.78, 5) is 17.8. The maximum Gasteiger partial charge on any atom is 0.253 e. The molecular weight excluding hydrogens is 410 g/mol. The highest BCUT2D eigenvalue weighted by Gasteiger charge is 2.19. The molecule has 3 aromatic rings. The monoisotopic (exact) mass is 439 g/mol. The van der Waals surface area contributed by atoms with Gasteiger partial charge in [-0.2, -0.15) is 0 Å². The summed E-state index contributed by atoms with van der Waals surface area (Å²) >= 11 is 0. The summed E-state index contributed by atoms with van der Waals surface area (Å²) in [5.41, 5.74) is 3.00. The van der Waals surface area contributed by atoms with Crippen LogP contribution in [0.4, 0.5) is 11.4 Å². The lowest BCUT2D eigenvalue weighted by Gasteiger charge is -2.32. The lowest BCUT2D eigenvalue weighted by molar-refractivity contribution is 0.154. The zero-order chi connectivity index (χ0) is 22.7. The zero-order valence-electron chi connectivity index (χ0n) is 18.6. The van der Waals surface area contributed by atoms with Gasteiger partial charge in [0.15, 0.2) is 11.5 Å². The SMILES string of the molecule is COc1cc2[nH]c(=O)c(CNc3ccc(N4CCC[C@@H](O)C4)cc3)cc2c(OC)c1OC. The number of aromatic nitrogens is 1. The Balaban J connectivity index is 1.55. The summed E-state index contributed by atoms with van der Waals surface area (Å²) in [7, 11) is 4.65. The molecule has 8 nitrogen and oxygen atoms in total. The van der Waals surface area contributed by atoms with Gasteiger partial charge in [0.25, 0.3) is 5.56 Å². The van der Waals surface area contributed by atoms with Crippen molar-refractivity contribution >= 4 is 22.3 Å². The van der Waals surface area contributed by atoms with Crippen LogP contribution in [0.15, 0.2) is 41.2 Å². The quantitative estimate of drug-likeness (QED) is 0.521. The Labute approximate surface area is 186 Å². The van der Waals surface area contributed by atoms with Crippen LogP contribution in [0, 0.1) is 0 Å². The predicted molar refractivity (Wildman–Crippen MR) is 125 cm³/mol. The van der Waals surface area contributed by atoms with E-state index in [1.165, 1.54) is 7.11 Å². The van der Waals surface area contributed by atoms with Crippen LogP contribution in [0.5, 0.6) is 17.2 Å². The maximum absolute atomic E-state index is 12.7. The number of β-amino-alcohol motifs (C(OH)–C–C–N with tert-alkyl or cyclic N) is 1. The molecule has 1 atom stereocenters. The predicted octanol–water partition coefficient (Wildman–Crippen LogP) is 3.13. The van der Waals surface area contributed by atoms with Crippen molar-refractivity contribution in [1.29, 1.82) is 0 Å². The molecule has 3 N–H and O–H groups in total. The fourth-order valence-corrected chi connectivity index (χ4v) is 4.18. The summed E-state index contributed by atoms with van der Waals surface area (Å²) in [6.45, 7) is 1.96. The van der Waals surface area contributed by atoms with Crippen LogP contribution in [0.1, 0.15) is 18.4 Å². The number of rotatable bonds is 7. The number of benzene rings is 2. The van der Waals surface area contributed by atoms with Crippen LogP contribution in [0.3, 0.4) is 0 Å². The lowest BCUT2D eigenvalue weighted by Crippen LogP contribution is -2.38. The van der Waals surface area contributed by atoms with Crippen LogP contribution in [0.25, 0.3) is 10.9 Å². The fourth-order valence-electron chi connectivity index (χ4n) is 4.18. The van der Waals surface area contributed by atoms with E-state index in [2.05, 4.69) is 15.2 Å². The normalized spacial score (nSPS) is 16.1. The topological polar surface area (TPSA) is 96.1 Å². The Hall–Kier alpha value is -3.39. The number of H-pyrrole nitrogens is 1. The minimum absolute atomic E-state index is 0.182. The smallest absolute Gasteiger partial charge is 0.253 e. The van der Waals surface area contributed by atoms with Crippen molar-refractivity contribution in [2.45, 2.75) is 25.5 Å². The van der Waals surface area contributed by atoms with Crippen molar-refractivity contribution in [1.82, 2.24) is 4.98 Å². The second-order valence-electron chi connectivity index (χ2n) is 7.87. The summed E-state index contributed by atoms with van der Waals surface area (Å²) < 4.78 is 16.4. The Bertz CT molecular complexity index is 1140. The molecule has 1 saturated heterocycles. The largest absolute Gasteiger partial charge is 0.493 e. The number of hydrogen-bond acceptors (Lipinski definition) is 7. The summed E-state index contributed by atoms with van der Waals surface area (Å²) in [6, 6.07) is 11.6. The van der Waals surface area contributed by atoms with Gasteiger partial charge in [-0.1, -0.05) is 0 Å². The van der Waals surface area contributed by atoms with Crippen molar-refractivity contribution in [2.24, 2.45) is 0 Å². The van der Waals surface area contributed by atoms with Gasteiger partial charge < -0.3 is 34.5 Å². The average molecular weight is 440 g/mol. The van der Waals surface area contributed by atoms with E-state index >= 15 is 0 Å². The number of ether oxygens (including phenoxy) is 3. The molecule has 0 unspecified atom stereocenters. The van der Waals surface area contributed by atoms with E-state index in [9.17, 15) is 9.90 Å². The Morgan fingerprint density at radius 1 is 1.09 bits per heavy atom. The molecular formula is C24H29N3O5. The number of fused-ring (bicyclic) bond motifs is 1. The van der Waals surface area contributed by atoms with E-state index < -0.39 is 0 Å². The van der Waals surface area contributed by atoms with E-state index in [0.717, 1.165) is 36.1 Å². The molecule has 0 radical (unpaired) electrons. The molecule has 170 valence electrons. The van der Waals surface area contributed by atoms with Gasteiger partial charge in [0, 0.05) is 48.0 Å². The van der Waals surface area contributed by atoms with E-state index in [0.29, 0.717) is 41.4 Å².